The third kappa shape index (κ3) is 4.72. The van der Waals surface area contributed by atoms with Crippen molar-refractivity contribution in [2.24, 2.45) is 17.6 Å². The fourth-order valence-electron chi connectivity index (χ4n) is 4.34. The number of anilines is 1. The summed E-state index contributed by atoms with van der Waals surface area (Å²) in [7, 11) is 0. The van der Waals surface area contributed by atoms with E-state index in [2.05, 4.69) is 29.1 Å². The van der Waals surface area contributed by atoms with Gasteiger partial charge in [-0.25, -0.2) is 9.97 Å². The van der Waals surface area contributed by atoms with Crippen molar-refractivity contribution in [3.8, 4) is 0 Å². The molecule has 2 fully saturated rings. The molecule has 0 aromatic carbocycles. The van der Waals surface area contributed by atoms with Crippen LogP contribution >= 0.6 is 0 Å². The van der Waals surface area contributed by atoms with Gasteiger partial charge in [-0.15, -0.1) is 0 Å². The lowest BCUT2D eigenvalue weighted by Crippen LogP contribution is -2.26. The van der Waals surface area contributed by atoms with Gasteiger partial charge in [0, 0.05) is 25.3 Å². The van der Waals surface area contributed by atoms with E-state index < -0.39 is 5.91 Å². The Bertz CT molecular complexity index is 614. The maximum Gasteiger partial charge on any atom is 0.254 e. The lowest BCUT2D eigenvalue weighted by molar-refractivity contribution is 0.0255. The van der Waals surface area contributed by atoms with Gasteiger partial charge in [0.2, 0.25) is 0 Å². The van der Waals surface area contributed by atoms with Crippen LogP contribution < -0.4 is 11.1 Å². The van der Waals surface area contributed by atoms with Crippen LogP contribution in [0.1, 0.15) is 75.0 Å². The number of aromatic nitrogens is 2. The second kappa shape index (κ2) is 8.80. The van der Waals surface area contributed by atoms with Crippen LogP contribution in [0.15, 0.2) is 6.20 Å². The molecule has 0 saturated heterocycles. The molecule has 1 amide bonds. The van der Waals surface area contributed by atoms with E-state index in [0.29, 0.717) is 35.4 Å². The quantitative estimate of drug-likeness (QED) is 0.778. The summed E-state index contributed by atoms with van der Waals surface area (Å²) in [5.74, 6) is 2.13. The monoisotopic (exact) mass is 360 g/mol. The molecule has 2 atom stereocenters. The van der Waals surface area contributed by atoms with Crippen LogP contribution in [0.25, 0.3) is 0 Å². The van der Waals surface area contributed by atoms with Crippen molar-refractivity contribution < 1.29 is 9.53 Å². The molecular formula is C20H32N4O2. The van der Waals surface area contributed by atoms with Gasteiger partial charge >= 0.3 is 0 Å². The van der Waals surface area contributed by atoms with E-state index in [1.54, 1.807) is 6.20 Å². The van der Waals surface area contributed by atoms with E-state index in [1.165, 1.54) is 12.8 Å². The first-order valence-corrected chi connectivity index (χ1v) is 10.1. The predicted octanol–water partition coefficient (Wildman–Crippen LogP) is 3.31. The highest BCUT2D eigenvalue weighted by Gasteiger charge is 2.26. The van der Waals surface area contributed by atoms with Gasteiger partial charge in [-0.3, -0.25) is 4.79 Å². The van der Waals surface area contributed by atoms with Crippen LogP contribution in [0, 0.1) is 11.8 Å². The van der Waals surface area contributed by atoms with E-state index >= 15 is 0 Å². The standard InChI is InChI=1S/C20H32N4O2/c1-3-26-15-9-7-14(8-10-15)11-18-22-12-16(19(21)25)20(24-18)23-17-6-4-5-13(17)2/h12-15,17H,3-11H2,1-2H3,(H2,21,25)(H,22,23,24)/t13-,14?,15?,17-/m0/s1. The fourth-order valence-corrected chi connectivity index (χ4v) is 4.34. The van der Waals surface area contributed by atoms with Crippen LogP contribution in [-0.2, 0) is 11.2 Å². The number of ether oxygens (including phenoxy) is 1. The van der Waals surface area contributed by atoms with Crippen molar-refractivity contribution in [1.29, 1.82) is 0 Å². The van der Waals surface area contributed by atoms with Gasteiger partial charge in [-0.05, 0) is 57.3 Å². The Hall–Kier alpha value is -1.69. The molecule has 144 valence electrons. The van der Waals surface area contributed by atoms with Crippen molar-refractivity contribution in [1.82, 2.24) is 9.97 Å². The minimum atomic E-state index is -0.470. The van der Waals surface area contributed by atoms with Crippen molar-refractivity contribution in [3.05, 3.63) is 17.6 Å². The maximum absolute atomic E-state index is 11.8. The average molecular weight is 361 g/mol. The molecular weight excluding hydrogens is 328 g/mol. The highest BCUT2D eigenvalue weighted by Crippen LogP contribution is 2.30. The zero-order valence-corrected chi connectivity index (χ0v) is 16.0. The minimum Gasteiger partial charge on any atom is -0.379 e. The molecule has 1 aromatic rings. The highest BCUT2D eigenvalue weighted by molar-refractivity contribution is 5.97. The largest absolute Gasteiger partial charge is 0.379 e. The maximum atomic E-state index is 11.8. The zero-order valence-electron chi connectivity index (χ0n) is 16.0. The van der Waals surface area contributed by atoms with Crippen LogP contribution in [-0.4, -0.2) is 34.6 Å². The molecule has 2 aliphatic rings. The lowest BCUT2D eigenvalue weighted by Gasteiger charge is -2.28. The van der Waals surface area contributed by atoms with Gasteiger partial charge in [-0.1, -0.05) is 13.3 Å². The van der Waals surface area contributed by atoms with Crippen LogP contribution in [0.2, 0.25) is 0 Å². The van der Waals surface area contributed by atoms with E-state index in [-0.39, 0.29) is 0 Å². The molecule has 0 bridgehead atoms. The predicted molar refractivity (Wildman–Crippen MR) is 102 cm³/mol. The molecule has 0 unspecified atom stereocenters. The number of nitrogens with one attached hydrogen (secondary N) is 1. The number of hydrogen-bond donors (Lipinski definition) is 2. The summed E-state index contributed by atoms with van der Waals surface area (Å²) < 4.78 is 5.73. The van der Waals surface area contributed by atoms with Crippen LogP contribution in [0.4, 0.5) is 5.82 Å². The first-order valence-electron chi connectivity index (χ1n) is 10.1. The SMILES string of the molecule is CCOC1CCC(Cc2ncc(C(N)=O)c(N[C@H]3CCC[C@@H]3C)n2)CC1. The number of carbonyl (C=O) groups excluding carboxylic acids is 1. The number of carbonyl (C=O) groups is 1. The number of hydrogen-bond acceptors (Lipinski definition) is 5. The van der Waals surface area contributed by atoms with Crippen LogP contribution in [0.3, 0.4) is 0 Å². The molecule has 1 heterocycles. The summed E-state index contributed by atoms with van der Waals surface area (Å²) in [6.45, 7) is 5.09. The lowest BCUT2D eigenvalue weighted by atomic mass is 9.85. The molecule has 0 aliphatic heterocycles. The Labute approximate surface area is 156 Å². The Kier molecular flexibility index (Phi) is 6.46. The first-order chi connectivity index (χ1) is 12.6. The molecule has 1 aromatic heterocycles. The van der Waals surface area contributed by atoms with Crippen molar-refractivity contribution in [3.63, 3.8) is 0 Å². The Balaban J connectivity index is 1.66. The highest BCUT2D eigenvalue weighted by atomic mass is 16.5. The van der Waals surface area contributed by atoms with Gasteiger partial charge in [0.15, 0.2) is 0 Å². The summed E-state index contributed by atoms with van der Waals surface area (Å²) in [6, 6.07) is 0.359. The Morgan fingerprint density at radius 1 is 1.27 bits per heavy atom. The smallest absolute Gasteiger partial charge is 0.254 e. The van der Waals surface area contributed by atoms with E-state index in [4.69, 9.17) is 10.5 Å². The molecule has 0 spiro atoms. The first kappa shape index (κ1) is 19.1. The molecule has 26 heavy (non-hydrogen) atoms. The van der Waals surface area contributed by atoms with Crippen LogP contribution in [0.5, 0.6) is 0 Å². The summed E-state index contributed by atoms with van der Waals surface area (Å²) in [5.41, 5.74) is 5.92. The Morgan fingerprint density at radius 2 is 2.04 bits per heavy atom. The van der Waals surface area contributed by atoms with E-state index in [0.717, 1.165) is 51.0 Å². The number of nitrogens with zero attached hydrogens (tertiary/aromatic N) is 2. The topological polar surface area (TPSA) is 90.1 Å². The molecule has 6 heteroatoms. The third-order valence-corrected chi connectivity index (χ3v) is 5.96. The van der Waals surface area contributed by atoms with Gasteiger partial charge in [-0.2, -0.15) is 0 Å². The second-order valence-electron chi connectivity index (χ2n) is 7.87. The van der Waals surface area contributed by atoms with Crippen molar-refractivity contribution in [2.45, 2.75) is 77.4 Å². The van der Waals surface area contributed by atoms with Gasteiger partial charge in [0.1, 0.15) is 11.6 Å². The summed E-state index contributed by atoms with van der Waals surface area (Å²) in [5, 5.41) is 3.47. The Morgan fingerprint density at radius 3 is 2.65 bits per heavy atom. The van der Waals surface area contributed by atoms with Crippen molar-refractivity contribution in [2.75, 3.05) is 11.9 Å². The van der Waals surface area contributed by atoms with Gasteiger partial charge in [0.25, 0.3) is 5.91 Å². The normalized spacial score (nSPS) is 28.8. The number of primary amides is 1. The average Bonchev–Trinajstić information content (AvgIpc) is 3.02. The van der Waals surface area contributed by atoms with Gasteiger partial charge < -0.3 is 15.8 Å². The zero-order chi connectivity index (χ0) is 18.5. The molecule has 0 radical (unpaired) electrons. The fraction of sp³-hybridized carbons (Fsp3) is 0.750. The number of amides is 1. The minimum absolute atomic E-state index is 0.359. The molecule has 2 saturated carbocycles. The second-order valence-corrected chi connectivity index (χ2v) is 7.87. The molecule has 3 rings (SSSR count). The summed E-state index contributed by atoms with van der Waals surface area (Å²) in [4.78, 5) is 20.9. The summed E-state index contributed by atoms with van der Waals surface area (Å²) >= 11 is 0. The number of nitrogens with two attached hydrogens (primary N) is 1. The third-order valence-electron chi connectivity index (χ3n) is 5.96. The molecule has 6 nitrogen and oxygen atoms in total. The summed E-state index contributed by atoms with van der Waals surface area (Å²) in [6.07, 6.45) is 10.9. The van der Waals surface area contributed by atoms with E-state index in [9.17, 15) is 4.79 Å². The van der Waals surface area contributed by atoms with E-state index in [1.807, 2.05) is 0 Å². The molecule has 3 N–H and O–H groups in total. The van der Waals surface area contributed by atoms with Gasteiger partial charge in [0.05, 0.1) is 11.7 Å². The molecule has 2 aliphatic carbocycles. The number of rotatable bonds is 7. The van der Waals surface area contributed by atoms with Crippen molar-refractivity contribution >= 4 is 11.7 Å².